The van der Waals surface area contributed by atoms with Gasteiger partial charge < -0.3 is 14.5 Å². The average molecular weight is 279 g/mol. The summed E-state index contributed by atoms with van der Waals surface area (Å²) in [7, 11) is 0. The number of anilines is 1. The van der Waals surface area contributed by atoms with Gasteiger partial charge in [0.05, 0.1) is 18.2 Å². The molecule has 4 rings (SSSR count). The van der Waals surface area contributed by atoms with Crippen LogP contribution in [0.2, 0.25) is 0 Å². The molecule has 4 heteroatoms. The summed E-state index contributed by atoms with van der Waals surface area (Å²) >= 11 is 0. The standard InChI is InChI=1S/C17H13NO3/c1-10-3-2-4-14-15(10)21-16(17(19)18-14)13-6-5-11-9-20-8-7-12(11)13/h2-9,16H,1H3,(H,18,19). The van der Waals surface area contributed by atoms with Crippen molar-refractivity contribution in [3.05, 3.63) is 60.1 Å². The molecule has 0 saturated carbocycles. The highest BCUT2D eigenvalue weighted by Gasteiger charge is 2.32. The van der Waals surface area contributed by atoms with Crippen LogP contribution in [-0.2, 0) is 4.79 Å². The predicted octanol–water partition coefficient (Wildman–Crippen LogP) is 3.77. The van der Waals surface area contributed by atoms with Crippen molar-refractivity contribution in [3.63, 3.8) is 0 Å². The number of carbonyl (C=O) groups is 1. The Hall–Kier alpha value is -2.75. The minimum absolute atomic E-state index is 0.151. The smallest absolute Gasteiger partial charge is 0.270 e. The minimum atomic E-state index is -0.640. The number of nitrogens with one attached hydrogen (secondary N) is 1. The molecule has 2 aliphatic heterocycles. The number of rotatable bonds is 1. The van der Waals surface area contributed by atoms with Crippen molar-refractivity contribution in [2.45, 2.75) is 13.0 Å². The maximum atomic E-state index is 12.4. The first kappa shape index (κ1) is 12.0. The van der Waals surface area contributed by atoms with Crippen LogP contribution >= 0.6 is 0 Å². The van der Waals surface area contributed by atoms with Crippen LogP contribution in [-0.4, -0.2) is 5.91 Å². The molecule has 1 aromatic rings. The number of carbonyl (C=O) groups excluding carboxylic acids is 1. The van der Waals surface area contributed by atoms with Crippen LogP contribution in [0.4, 0.5) is 5.69 Å². The van der Waals surface area contributed by atoms with Gasteiger partial charge in [0.15, 0.2) is 0 Å². The molecule has 1 N–H and O–H groups in total. The van der Waals surface area contributed by atoms with E-state index in [2.05, 4.69) is 5.32 Å². The Morgan fingerprint density at radius 3 is 2.95 bits per heavy atom. The van der Waals surface area contributed by atoms with E-state index in [1.165, 1.54) is 0 Å². The molecule has 4 nitrogen and oxygen atoms in total. The van der Waals surface area contributed by atoms with Gasteiger partial charge in [0.2, 0.25) is 6.10 Å². The Balaban J connectivity index is 1.80. The molecule has 3 aliphatic rings. The fourth-order valence-corrected chi connectivity index (χ4v) is 2.75. The summed E-state index contributed by atoms with van der Waals surface area (Å²) in [6.07, 6.45) is 2.63. The maximum absolute atomic E-state index is 12.4. The highest BCUT2D eigenvalue weighted by atomic mass is 16.5. The summed E-state index contributed by atoms with van der Waals surface area (Å²) < 4.78 is 11.1. The van der Waals surface area contributed by atoms with Gasteiger partial charge in [-0.3, -0.25) is 4.79 Å². The number of aryl methyl sites for hydroxylation is 1. The molecule has 21 heavy (non-hydrogen) atoms. The van der Waals surface area contributed by atoms with Gasteiger partial charge in [-0.2, -0.15) is 0 Å². The van der Waals surface area contributed by atoms with E-state index < -0.39 is 6.10 Å². The van der Waals surface area contributed by atoms with Gasteiger partial charge in [0.1, 0.15) is 5.75 Å². The largest absolute Gasteiger partial charge is 0.473 e. The molecule has 1 amide bonds. The second kappa shape index (κ2) is 4.38. The Labute approximate surface area is 121 Å². The van der Waals surface area contributed by atoms with Crippen LogP contribution < -0.4 is 10.1 Å². The summed E-state index contributed by atoms with van der Waals surface area (Å²) in [6.45, 7) is 1.97. The highest BCUT2D eigenvalue weighted by Crippen LogP contribution is 2.41. The van der Waals surface area contributed by atoms with Gasteiger partial charge in [-0.15, -0.1) is 0 Å². The van der Waals surface area contributed by atoms with Crippen molar-refractivity contribution in [3.8, 4) is 16.9 Å². The summed E-state index contributed by atoms with van der Waals surface area (Å²) in [5.41, 5.74) is 4.51. The van der Waals surface area contributed by atoms with E-state index in [1.807, 2.05) is 43.3 Å². The van der Waals surface area contributed by atoms with Crippen molar-refractivity contribution in [1.82, 2.24) is 0 Å². The third-order valence-corrected chi connectivity index (χ3v) is 3.80. The van der Waals surface area contributed by atoms with Gasteiger partial charge in [-0.05, 0) is 30.2 Å². The average Bonchev–Trinajstić information content (AvgIpc) is 2.91. The molecule has 1 aromatic carbocycles. The highest BCUT2D eigenvalue weighted by molar-refractivity contribution is 5.99. The molecule has 1 atom stereocenters. The lowest BCUT2D eigenvalue weighted by Gasteiger charge is -2.27. The van der Waals surface area contributed by atoms with E-state index >= 15 is 0 Å². The van der Waals surface area contributed by atoms with E-state index in [4.69, 9.17) is 9.15 Å². The Morgan fingerprint density at radius 2 is 2.05 bits per heavy atom. The fraction of sp³-hybridized carbons (Fsp3) is 0.118. The number of hydrogen-bond donors (Lipinski definition) is 1. The van der Waals surface area contributed by atoms with E-state index in [1.54, 1.807) is 12.5 Å². The Kier molecular flexibility index (Phi) is 2.51. The topological polar surface area (TPSA) is 51.5 Å². The summed E-state index contributed by atoms with van der Waals surface area (Å²) in [6, 6.07) is 11.4. The second-order valence-electron chi connectivity index (χ2n) is 5.15. The molecule has 0 saturated heterocycles. The zero-order chi connectivity index (χ0) is 14.4. The van der Waals surface area contributed by atoms with E-state index in [9.17, 15) is 4.79 Å². The molecular formula is C17H13NO3. The zero-order valence-electron chi connectivity index (χ0n) is 11.4. The van der Waals surface area contributed by atoms with Gasteiger partial charge in [-0.1, -0.05) is 24.3 Å². The molecule has 0 spiro atoms. The minimum Gasteiger partial charge on any atom is -0.473 e. The lowest BCUT2D eigenvalue weighted by Crippen LogP contribution is -2.30. The normalized spacial score (nSPS) is 17.2. The maximum Gasteiger partial charge on any atom is 0.270 e. The first-order chi connectivity index (χ1) is 10.2. The van der Waals surface area contributed by atoms with Crippen molar-refractivity contribution in [2.24, 2.45) is 0 Å². The first-order valence-corrected chi connectivity index (χ1v) is 6.76. The third kappa shape index (κ3) is 1.80. The molecule has 0 bridgehead atoms. The van der Waals surface area contributed by atoms with Crippen LogP contribution in [0.5, 0.6) is 5.75 Å². The second-order valence-corrected chi connectivity index (χ2v) is 5.15. The number of amides is 1. The molecule has 1 aliphatic carbocycles. The van der Waals surface area contributed by atoms with Crippen molar-refractivity contribution in [1.29, 1.82) is 0 Å². The van der Waals surface area contributed by atoms with Gasteiger partial charge >= 0.3 is 0 Å². The fourth-order valence-electron chi connectivity index (χ4n) is 2.75. The van der Waals surface area contributed by atoms with Gasteiger partial charge in [0.25, 0.3) is 5.91 Å². The van der Waals surface area contributed by atoms with Crippen LogP contribution in [0.3, 0.4) is 0 Å². The van der Waals surface area contributed by atoms with Crippen molar-refractivity contribution < 1.29 is 13.9 Å². The molecule has 0 fully saturated rings. The summed E-state index contributed by atoms with van der Waals surface area (Å²) in [5, 5.41) is 2.92. The SMILES string of the molecule is Cc1cccc2c1OC(c1ccc3coccc1-3)C(=O)N2. The molecule has 2 heterocycles. The number of para-hydroxylation sites is 1. The van der Waals surface area contributed by atoms with Crippen molar-refractivity contribution in [2.75, 3.05) is 5.32 Å². The quantitative estimate of drug-likeness (QED) is 0.737. The number of ether oxygens (including phenoxy) is 1. The van der Waals surface area contributed by atoms with E-state index in [0.29, 0.717) is 0 Å². The van der Waals surface area contributed by atoms with Gasteiger partial charge in [-0.25, -0.2) is 0 Å². The Bertz CT molecular complexity index is 805. The third-order valence-electron chi connectivity index (χ3n) is 3.80. The number of hydrogen-bond acceptors (Lipinski definition) is 3. The lowest BCUT2D eigenvalue weighted by atomic mass is 10.0. The van der Waals surface area contributed by atoms with E-state index in [-0.39, 0.29) is 5.91 Å². The first-order valence-electron chi connectivity index (χ1n) is 6.76. The predicted molar refractivity (Wildman–Crippen MR) is 78.5 cm³/mol. The van der Waals surface area contributed by atoms with E-state index in [0.717, 1.165) is 33.7 Å². The molecule has 0 aromatic heterocycles. The van der Waals surface area contributed by atoms with Crippen LogP contribution in [0.15, 0.2) is 53.3 Å². The molecule has 1 unspecified atom stereocenters. The van der Waals surface area contributed by atoms with Crippen LogP contribution in [0, 0.1) is 6.92 Å². The zero-order valence-corrected chi connectivity index (χ0v) is 11.4. The van der Waals surface area contributed by atoms with Crippen LogP contribution in [0.1, 0.15) is 17.2 Å². The van der Waals surface area contributed by atoms with Gasteiger partial charge in [0, 0.05) is 11.1 Å². The Morgan fingerprint density at radius 1 is 1.14 bits per heavy atom. The summed E-state index contributed by atoms with van der Waals surface area (Å²) in [4.78, 5) is 12.4. The molecule has 0 radical (unpaired) electrons. The molecular weight excluding hydrogens is 266 g/mol. The van der Waals surface area contributed by atoms with Crippen LogP contribution in [0.25, 0.3) is 11.1 Å². The van der Waals surface area contributed by atoms with Crippen molar-refractivity contribution >= 4 is 11.6 Å². The number of benzene rings is 1. The summed E-state index contributed by atoms with van der Waals surface area (Å²) in [5.74, 6) is 0.582. The number of fused-ring (bicyclic) bond motifs is 2. The monoisotopic (exact) mass is 279 g/mol. The molecule has 104 valence electrons. The lowest BCUT2D eigenvalue weighted by molar-refractivity contribution is -0.123.